The quantitative estimate of drug-likeness (QED) is 0.790. The van der Waals surface area contributed by atoms with Gasteiger partial charge in [0, 0.05) is 13.6 Å². The maximum Gasteiger partial charge on any atom is 0.252 e. The molecule has 0 saturated heterocycles. The third-order valence-corrected chi connectivity index (χ3v) is 6.71. The number of hydrogen-bond donors (Lipinski definition) is 1. The van der Waals surface area contributed by atoms with Crippen LogP contribution in [0, 0.1) is 5.82 Å². The molecular weight excluding hydrogens is 375 g/mol. The standard InChI is InChI=1S/C15H16ClFN2O3S2/c1-19(24(21,22)15-6-5-13(16)23-15)10-14(20)18-8-7-11-3-2-4-12(17)9-11/h2-6,9H,7-8,10H2,1H3,(H,18,20). The second-order valence-corrected chi connectivity index (χ2v) is 9.04. The summed E-state index contributed by atoms with van der Waals surface area (Å²) in [7, 11) is -2.41. The largest absolute Gasteiger partial charge is 0.355 e. The van der Waals surface area contributed by atoms with Crippen LogP contribution in [-0.4, -0.2) is 38.8 Å². The molecule has 0 spiro atoms. The summed E-state index contributed by atoms with van der Waals surface area (Å²) in [6.45, 7) is -0.0119. The summed E-state index contributed by atoms with van der Waals surface area (Å²) in [5.74, 6) is -0.764. The van der Waals surface area contributed by atoms with Gasteiger partial charge in [0.25, 0.3) is 10.0 Å². The highest BCUT2D eigenvalue weighted by atomic mass is 35.5. The molecule has 2 rings (SSSR count). The molecule has 0 saturated carbocycles. The number of hydrogen-bond acceptors (Lipinski definition) is 4. The molecule has 9 heteroatoms. The van der Waals surface area contributed by atoms with Gasteiger partial charge in [-0.3, -0.25) is 4.79 Å². The zero-order valence-electron chi connectivity index (χ0n) is 12.8. The number of halogens is 2. The van der Waals surface area contributed by atoms with Crippen LogP contribution in [0.4, 0.5) is 4.39 Å². The number of benzene rings is 1. The van der Waals surface area contributed by atoms with Gasteiger partial charge in [-0.15, -0.1) is 11.3 Å². The number of carbonyl (C=O) groups is 1. The fraction of sp³-hybridized carbons (Fsp3) is 0.267. The van der Waals surface area contributed by atoms with Gasteiger partial charge in [0.1, 0.15) is 10.0 Å². The number of amides is 1. The van der Waals surface area contributed by atoms with Crippen molar-refractivity contribution in [3.8, 4) is 0 Å². The van der Waals surface area contributed by atoms with Gasteiger partial charge < -0.3 is 5.32 Å². The minimum absolute atomic E-state index is 0.0857. The van der Waals surface area contributed by atoms with E-state index in [0.29, 0.717) is 17.3 Å². The van der Waals surface area contributed by atoms with E-state index >= 15 is 0 Å². The van der Waals surface area contributed by atoms with E-state index in [4.69, 9.17) is 11.6 Å². The molecule has 1 amide bonds. The summed E-state index contributed by atoms with van der Waals surface area (Å²) in [6, 6.07) is 8.99. The Morgan fingerprint density at radius 1 is 1.33 bits per heavy atom. The lowest BCUT2D eigenvalue weighted by Gasteiger charge is -2.15. The maximum absolute atomic E-state index is 13.1. The van der Waals surface area contributed by atoms with Crippen LogP contribution in [-0.2, 0) is 21.2 Å². The highest BCUT2D eigenvalue weighted by Crippen LogP contribution is 2.27. The molecular formula is C15H16ClFN2O3S2. The monoisotopic (exact) mass is 390 g/mol. The fourth-order valence-corrected chi connectivity index (χ4v) is 4.79. The van der Waals surface area contributed by atoms with Crippen molar-refractivity contribution in [3.05, 3.63) is 52.1 Å². The van der Waals surface area contributed by atoms with Gasteiger partial charge in [0.05, 0.1) is 10.9 Å². The van der Waals surface area contributed by atoms with Crippen LogP contribution in [0.25, 0.3) is 0 Å². The van der Waals surface area contributed by atoms with Crippen molar-refractivity contribution < 1.29 is 17.6 Å². The number of sulfonamides is 1. The molecule has 0 fully saturated rings. The molecule has 0 radical (unpaired) electrons. The minimum Gasteiger partial charge on any atom is -0.355 e. The first-order valence-corrected chi connectivity index (χ1v) is 9.65. The molecule has 130 valence electrons. The lowest BCUT2D eigenvalue weighted by Crippen LogP contribution is -2.38. The number of rotatable bonds is 7. The Bertz CT molecular complexity index is 824. The average molecular weight is 391 g/mol. The van der Waals surface area contributed by atoms with E-state index in [2.05, 4.69) is 5.32 Å². The van der Waals surface area contributed by atoms with Gasteiger partial charge in [-0.1, -0.05) is 23.7 Å². The minimum atomic E-state index is -3.74. The van der Waals surface area contributed by atoms with Gasteiger partial charge in [-0.2, -0.15) is 4.31 Å². The molecule has 0 aliphatic heterocycles. The molecule has 2 aromatic rings. The summed E-state index contributed by atoms with van der Waals surface area (Å²) in [5.41, 5.74) is 0.754. The third kappa shape index (κ3) is 5.01. The second kappa shape index (κ2) is 8.06. The highest BCUT2D eigenvalue weighted by molar-refractivity contribution is 7.91. The predicted octanol–water partition coefficient (Wildman–Crippen LogP) is 2.52. The highest BCUT2D eigenvalue weighted by Gasteiger charge is 2.24. The van der Waals surface area contributed by atoms with Crippen LogP contribution >= 0.6 is 22.9 Å². The summed E-state index contributed by atoms with van der Waals surface area (Å²) >= 11 is 6.68. The van der Waals surface area contributed by atoms with Crippen molar-refractivity contribution >= 4 is 38.9 Å². The third-order valence-electron chi connectivity index (χ3n) is 3.20. The molecule has 24 heavy (non-hydrogen) atoms. The smallest absolute Gasteiger partial charge is 0.252 e. The summed E-state index contributed by atoms with van der Waals surface area (Å²) in [5, 5.41) is 2.62. The SMILES string of the molecule is CN(CC(=O)NCCc1cccc(F)c1)S(=O)(=O)c1ccc(Cl)s1. The molecule has 0 aliphatic rings. The van der Waals surface area contributed by atoms with Crippen molar-refractivity contribution in [2.24, 2.45) is 0 Å². The van der Waals surface area contributed by atoms with Crippen molar-refractivity contribution in [3.63, 3.8) is 0 Å². The van der Waals surface area contributed by atoms with Gasteiger partial charge in [0.15, 0.2) is 0 Å². The molecule has 5 nitrogen and oxygen atoms in total. The van der Waals surface area contributed by atoms with Crippen molar-refractivity contribution in [2.45, 2.75) is 10.6 Å². The van der Waals surface area contributed by atoms with Crippen molar-refractivity contribution in [1.29, 1.82) is 0 Å². The molecule has 0 bridgehead atoms. The van der Waals surface area contributed by atoms with Crippen LogP contribution in [0.2, 0.25) is 4.34 Å². The Kier molecular flexibility index (Phi) is 6.34. The number of carbonyl (C=O) groups excluding carboxylic acids is 1. The Labute approximate surface area is 149 Å². The predicted molar refractivity (Wildman–Crippen MR) is 92.3 cm³/mol. The maximum atomic E-state index is 13.1. The zero-order valence-corrected chi connectivity index (χ0v) is 15.2. The molecule has 0 atom stereocenters. The molecule has 1 heterocycles. The number of thiophene rings is 1. The summed E-state index contributed by atoms with van der Waals surface area (Å²) in [6.07, 6.45) is 0.459. The number of likely N-dealkylation sites (N-methyl/N-ethyl adjacent to an activating group) is 1. The molecule has 1 aromatic carbocycles. The fourth-order valence-electron chi connectivity index (χ4n) is 1.97. The number of nitrogens with zero attached hydrogens (tertiary/aromatic N) is 1. The van der Waals surface area contributed by atoms with E-state index in [-0.39, 0.29) is 16.6 Å². The topological polar surface area (TPSA) is 66.5 Å². The van der Waals surface area contributed by atoms with Crippen LogP contribution < -0.4 is 5.32 Å². The van der Waals surface area contributed by atoms with E-state index in [1.165, 1.54) is 31.3 Å². The van der Waals surface area contributed by atoms with Gasteiger partial charge in [0.2, 0.25) is 5.91 Å². The van der Waals surface area contributed by atoms with Crippen LogP contribution in [0.5, 0.6) is 0 Å². The van der Waals surface area contributed by atoms with E-state index < -0.39 is 15.9 Å². The molecule has 1 aromatic heterocycles. The first-order valence-electron chi connectivity index (χ1n) is 7.02. The number of nitrogens with one attached hydrogen (secondary N) is 1. The van der Waals surface area contributed by atoms with E-state index in [0.717, 1.165) is 21.2 Å². The Morgan fingerprint density at radius 2 is 2.08 bits per heavy atom. The van der Waals surface area contributed by atoms with Crippen LogP contribution in [0.1, 0.15) is 5.56 Å². The lowest BCUT2D eigenvalue weighted by atomic mass is 10.1. The zero-order chi connectivity index (χ0) is 17.7. The van der Waals surface area contributed by atoms with Crippen LogP contribution in [0.3, 0.4) is 0 Å². The van der Waals surface area contributed by atoms with Crippen molar-refractivity contribution in [2.75, 3.05) is 20.1 Å². The van der Waals surface area contributed by atoms with Gasteiger partial charge in [-0.05, 0) is 36.2 Å². The molecule has 0 unspecified atom stereocenters. The van der Waals surface area contributed by atoms with E-state index in [1.807, 2.05) is 0 Å². The Balaban J connectivity index is 1.85. The molecule has 1 N–H and O–H groups in total. The van der Waals surface area contributed by atoms with E-state index in [9.17, 15) is 17.6 Å². The second-order valence-electron chi connectivity index (χ2n) is 5.05. The van der Waals surface area contributed by atoms with Gasteiger partial charge >= 0.3 is 0 Å². The summed E-state index contributed by atoms with van der Waals surface area (Å²) < 4.78 is 39.0. The average Bonchev–Trinajstić information content (AvgIpc) is 2.94. The Morgan fingerprint density at radius 3 is 2.71 bits per heavy atom. The van der Waals surface area contributed by atoms with Gasteiger partial charge in [-0.25, -0.2) is 12.8 Å². The first-order chi connectivity index (χ1) is 11.3. The Hall–Kier alpha value is -1.48. The molecule has 0 aliphatic carbocycles. The summed E-state index contributed by atoms with van der Waals surface area (Å²) in [4.78, 5) is 11.9. The lowest BCUT2D eigenvalue weighted by molar-refractivity contribution is -0.121. The van der Waals surface area contributed by atoms with Crippen LogP contribution in [0.15, 0.2) is 40.6 Å². The van der Waals surface area contributed by atoms with Crippen molar-refractivity contribution in [1.82, 2.24) is 9.62 Å². The normalized spacial score (nSPS) is 11.7. The first kappa shape index (κ1) is 18.9. The van der Waals surface area contributed by atoms with E-state index in [1.54, 1.807) is 12.1 Å².